The third-order valence-electron chi connectivity index (χ3n) is 4.55. The van der Waals surface area contributed by atoms with E-state index < -0.39 is 0 Å². The second kappa shape index (κ2) is 6.32. The summed E-state index contributed by atoms with van der Waals surface area (Å²) < 4.78 is 2.12. The maximum atomic E-state index is 12.2. The minimum Gasteiger partial charge on any atom is -0.352 e. The van der Waals surface area contributed by atoms with Crippen molar-refractivity contribution in [3.8, 4) is 0 Å². The molecule has 124 valence electrons. The summed E-state index contributed by atoms with van der Waals surface area (Å²) in [5, 5.41) is 3.49. The fourth-order valence-corrected chi connectivity index (χ4v) is 3.44. The number of aryl methyl sites for hydroxylation is 2. The number of rotatable bonds is 2. The number of aliphatic imine (C=N–C) groups is 1. The molecule has 0 unspecified atom stereocenters. The molecule has 1 aromatic carbocycles. The molecule has 0 aliphatic carbocycles. The van der Waals surface area contributed by atoms with Gasteiger partial charge in [0.25, 0.3) is 5.91 Å². The Morgan fingerprint density at radius 3 is 2.62 bits per heavy atom. The zero-order valence-electron chi connectivity index (χ0n) is 14.6. The number of benzene rings is 1. The van der Waals surface area contributed by atoms with E-state index in [4.69, 9.17) is 0 Å². The van der Waals surface area contributed by atoms with Crippen LogP contribution in [0.5, 0.6) is 0 Å². The summed E-state index contributed by atoms with van der Waals surface area (Å²) in [4.78, 5) is 17.5. The van der Waals surface area contributed by atoms with Crippen molar-refractivity contribution >= 4 is 34.6 Å². The largest absolute Gasteiger partial charge is 0.352 e. The van der Waals surface area contributed by atoms with Crippen LogP contribution in [-0.2, 0) is 11.8 Å². The van der Waals surface area contributed by atoms with E-state index in [9.17, 15) is 4.79 Å². The van der Waals surface area contributed by atoms with Gasteiger partial charge in [-0.15, -0.1) is 0 Å². The van der Waals surface area contributed by atoms with E-state index in [2.05, 4.69) is 47.8 Å². The maximum absolute atomic E-state index is 12.2. The van der Waals surface area contributed by atoms with Gasteiger partial charge in [-0.3, -0.25) is 4.79 Å². The van der Waals surface area contributed by atoms with Crippen molar-refractivity contribution in [3.05, 3.63) is 57.2 Å². The summed E-state index contributed by atoms with van der Waals surface area (Å²) in [6, 6.07) is 8.10. The van der Waals surface area contributed by atoms with Gasteiger partial charge in [0.15, 0.2) is 5.17 Å². The number of nitrogens with zero attached hydrogens (tertiary/aromatic N) is 2. The first kappa shape index (κ1) is 16.6. The van der Waals surface area contributed by atoms with Crippen molar-refractivity contribution in [1.82, 2.24) is 9.88 Å². The smallest absolute Gasteiger partial charge is 0.264 e. The Bertz CT molecular complexity index is 890. The van der Waals surface area contributed by atoms with Crippen molar-refractivity contribution in [3.63, 3.8) is 0 Å². The number of hydrogen-bond donors (Lipinski definition) is 1. The Hall–Kier alpha value is -2.27. The van der Waals surface area contributed by atoms with Crippen LogP contribution in [0.3, 0.4) is 0 Å². The SMILES string of the molecule is Cc1cccc(N=C2NC(=O)/C(=C/c3cc(C)n(C)c3C)S2)c1C. The second-order valence-corrected chi connectivity index (χ2v) is 7.12. The van der Waals surface area contributed by atoms with E-state index >= 15 is 0 Å². The van der Waals surface area contributed by atoms with E-state index in [-0.39, 0.29) is 5.91 Å². The molecule has 1 aliphatic heterocycles. The number of carbonyl (C=O) groups excluding carboxylic acids is 1. The molecule has 1 aliphatic rings. The molecule has 1 N–H and O–H groups in total. The van der Waals surface area contributed by atoms with Crippen LogP contribution < -0.4 is 5.32 Å². The van der Waals surface area contributed by atoms with Gasteiger partial charge in [0.1, 0.15) is 0 Å². The van der Waals surface area contributed by atoms with Crippen LogP contribution in [-0.4, -0.2) is 15.6 Å². The molecule has 2 heterocycles. The molecular weight excluding hydrogens is 318 g/mol. The Kier molecular flexibility index (Phi) is 4.37. The van der Waals surface area contributed by atoms with Gasteiger partial charge in [-0.2, -0.15) is 0 Å². The van der Waals surface area contributed by atoms with Crippen molar-refractivity contribution in [2.75, 3.05) is 0 Å². The van der Waals surface area contributed by atoms with E-state index in [1.165, 1.54) is 23.0 Å². The van der Waals surface area contributed by atoms with E-state index in [0.717, 1.165) is 22.5 Å². The van der Waals surface area contributed by atoms with Crippen LogP contribution in [0.2, 0.25) is 0 Å². The Morgan fingerprint density at radius 2 is 1.96 bits per heavy atom. The molecule has 5 heteroatoms. The Balaban J connectivity index is 1.91. The molecule has 2 aromatic rings. The van der Waals surface area contributed by atoms with Gasteiger partial charge in [0, 0.05) is 18.4 Å². The standard InChI is InChI=1S/C19H21N3OS/c1-11-7-6-8-16(13(11)3)20-19-21-18(23)17(24-19)10-15-9-12(2)22(5)14(15)4/h6-10H,1-5H3,(H,20,21,23)/b17-10-. The molecule has 1 aromatic heterocycles. The van der Waals surface area contributed by atoms with E-state index in [1.54, 1.807) is 0 Å². The minimum atomic E-state index is -0.0926. The first-order chi connectivity index (χ1) is 11.4. The molecule has 1 saturated heterocycles. The van der Waals surface area contributed by atoms with Gasteiger partial charge in [-0.25, -0.2) is 4.99 Å². The van der Waals surface area contributed by atoms with Crippen LogP contribution in [0.4, 0.5) is 5.69 Å². The lowest BCUT2D eigenvalue weighted by atomic mass is 10.1. The molecular formula is C19H21N3OS. The summed E-state index contributed by atoms with van der Waals surface area (Å²) in [7, 11) is 2.03. The predicted molar refractivity (Wildman–Crippen MR) is 102 cm³/mol. The summed E-state index contributed by atoms with van der Waals surface area (Å²) >= 11 is 1.39. The zero-order valence-corrected chi connectivity index (χ0v) is 15.4. The van der Waals surface area contributed by atoms with Crippen LogP contribution in [0.15, 0.2) is 34.2 Å². The van der Waals surface area contributed by atoms with Crippen LogP contribution in [0.25, 0.3) is 6.08 Å². The average Bonchev–Trinajstić information content (AvgIpc) is 2.99. The van der Waals surface area contributed by atoms with Gasteiger partial charge in [-0.05, 0) is 74.4 Å². The Morgan fingerprint density at radius 1 is 1.21 bits per heavy atom. The topological polar surface area (TPSA) is 46.4 Å². The quantitative estimate of drug-likeness (QED) is 0.836. The third-order valence-corrected chi connectivity index (χ3v) is 5.46. The van der Waals surface area contributed by atoms with E-state index in [1.807, 2.05) is 32.2 Å². The van der Waals surface area contributed by atoms with Crippen LogP contribution >= 0.6 is 11.8 Å². The van der Waals surface area contributed by atoms with Crippen molar-refractivity contribution in [2.24, 2.45) is 12.0 Å². The first-order valence-electron chi connectivity index (χ1n) is 7.85. The number of amides is 1. The lowest BCUT2D eigenvalue weighted by Crippen LogP contribution is -2.19. The van der Waals surface area contributed by atoms with Crippen molar-refractivity contribution in [2.45, 2.75) is 27.7 Å². The summed E-state index contributed by atoms with van der Waals surface area (Å²) in [5.74, 6) is -0.0926. The predicted octanol–water partition coefficient (Wildman–Crippen LogP) is 4.15. The summed E-state index contributed by atoms with van der Waals surface area (Å²) in [6.07, 6.45) is 1.94. The van der Waals surface area contributed by atoms with Gasteiger partial charge in [0.05, 0.1) is 10.6 Å². The summed E-state index contributed by atoms with van der Waals surface area (Å²) in [5.41, 5.74) is 6.61. The maximum Gasteiger partial charge on any atom is 0.264 e. The molecule has 0 spiro atoms. The third kappa shape index (κ3) is 3.04. The van der Waals surface area contributed by atoms with Crippen LogP contribution in [0.1, 0.15) is 28.1 Å². The molecule has 0 atom stereocenters. The van der Waals surface area contributed by atoms with E-state index in [0.29, 0.717) is 10.1 Å². The highest BCUT2D eigenvalue weighted by atomic mass is 32.2. The summed E-state index contributed by atoms with van der Waals surface area (Å²) in [6.45, 7) is 8.22. The fraction of sp³-hybridized carbons (Fsp3) is 0.263. The molecule has 0 saturated carbocycles. The highest BCUT2D eigenvalue weighted by Crippen LogP contribution is 2.30. The normalized spacial score (nSPS) is 17.8. The molecule has 1 amide bonds. The number of hydrogen-bond acceptors (Lipinski definition) is 3. The van der Waals surface area contributed by atoms with Gasteiger partial charge < -0.3 is 9.88 Å². The number of carbonyl (C=O) groups is 1. The number of aromatic nitrogens is 1. The monoisotopic (exact) mass is 339 g/mol. The van der Waals surface area contributed by atoms with Gasteiger partial charge >= 0.3 is 0 Å². The second-order valence-electron chi connectivity index (χ2n) is 6.09. The molecule has 1 fully saturated rings. The minimum absolute atomic E-state index is 0.0926. The average molecular weight is 339 g/mol. The van der Waals surface area contributed by atoms with Crippen molar-refractivity contribution in [1.29, 1.82) is 0 Å². The molecule has 3 rings (SSSR count). The number of amidine groups is 1. The molecule has 0 bridgehead atoms. The highest BCUT2D eigenvalue weighted by molar-refractivity contribution is 8.18. The Labute approximate surface area is 146 Å². The number of nitrogens with one attached hydrogen (secondary N) is 1. The zero-order chi connectivity index (χ0) is 17.4. The molecule has 0 radical (unpaired) electrons. The van der Waals surface area contributed by atoms with Gasteiger partial charge in [0.2, 0.25) is 0 Å². The lowest BCUT2D eigenvalue weighted by molar-refractivity contribution is -0.115. The van der Waals surface area contributed by atoms with Gasteiger partial charge in [-0.1, -0.05) is 12.1 Å². The number of thioether (sulfide) groups is 1. The molecule has 4 nitrogen and oxygen atoms in total. The van der Waals surface area contributed by atoms with Crippen LogP contribution in [0, 0.1) is 27.7 Å². The lowest BCUT2D eigenvalue weighted by Gasteiger charge is -2.04. The first-order valence-corrected chi connectivity index (χ1v) is 8.67. The van der Waals surface area contributed by atoms with Crippen molar-refractivity contribution < 1.29 is 4.79 Å². The molecule has 24 heavy (non-hydrogen) atoms. The fourth-order valence-electron chi connectivity index (χ4n) is 2.62. The highest BCUT2D eigenvalue weighted by Gasteiger charge is 2.24.